The molecule has 0 bridgehead atoms. The van der Waals surface area contributed by atoms with Crippen molar-refractivity contribution < 1.29 is 264 Å². The minimum Gasteiger partial charge on any atom is -0.545 e. The van der Waals surface area contributed by atoms with E-state index in [1.165, 1.54) is 0 Å². The number of para-hydroxylation sites is 4. The van der Waals surface area contributed by atoms with Crippen LogP contribution in [0.4, 0.5) is 0 Å². The first-order chi connectivity index (χ1) is 29.1. The van der Waals surface area contributed by atoms with Gasteiger partial charge in [0.15, 0.2) is 0 Å². The minimum atomic E-state index is -1.78. The third kappa shape index (κ3) is 10.3. The molecule has 64 heavy (non-hydrogen) atoms. The van der Waals surface area contributed by atoms with Gasteiger partial charge in [0.2, 0.25) is 0 Å². The van der Waals surface area contributed by atoms with E-state index in [0.717, 1.165) is 24.3 Å². The third-order valence-corrected chi connectivity index (χ3v) is 9.93. The predicted octanol–water partition coefficient (Wildman–Crippen LogP) is -5.62. The van der Waals surface area contributed by atoms with E-state index in [9.17, 15) is 39.6 Å². The van der Waals surface area contributed by atoms with Crippen molar-refractivity contribution in [3.8, 4) is 46.0 Å². The quantitative estimate of drug-likeness (QED) is 0.0641. The van der Waals surface area contributed by atoms with Crippen LogP contribution in [0.1, 0.15) is 41.4 Å². The van der Waals surface area contributed by atoms with E-state index in [1.807, 2.05) is 0 Å². The number of hydrogen-bond donors (Lipinski definition) is 0. The Labute approximate surface area is 534 Å². The van der Waals surface area contributed by atoms with Crippen molar-refractivity contribution in [3.05, 3.63) is 168 Å². The van der Waals surface area contributed by atoms with Crippen molar-refractivity contribution in [1.29, 1.82) is 0 Å². The van der Waals surface area contributed by atoms with Crippen LogP contribution < -0.4 is 245 Å². The standard InChI is InChI=1S/C48H28O12.4K/c49-45(50)29-21-33(57-25-13-5-1-6-14-25)39-40-34(58-26-15-7-2-8-16-26)22-31(47(53)54)38-32(48(55)56)24-36(60-28-19-11-4-12-20-28)42(44(38)40)41-35(59-27-17-9-3-10-18-27)23-30(46(51)52)37(29)43(39)41;;;;/h1-24H,(H,49,50)(H,51,52)(H,53,54)(H,55,56);;;;/q;4*+1/p-4. The Kier molecular flexibility index (Phi) is 18.8. The molecule has 0 spiro atoms. The zero-order valence-electron chi connectivity index (χ0n) is 34.8. The zero-order valence-corrected chi connectivity index (χ0v) is 47.2. The van der Waals surface area contributed by atoms with Gasteiger partial charge >= 0.3 is 206 Å². The summed E-state index contributed by atoms with van der Waals surface area (Å²) < 4.78 is 25.8. The summed E-state index contributed by atoms with van der Waals surface area (Å²) in [5.41, 5.74) is -2.44. The molecule has 0 atom stereocenters. The van der Waals surface area contributed by atoms with E-state index in [2.05, 4.69) is 0 Å². The molecule has 0 radical (unpaired) electrons. The normalized spacial score (nSPS) is 10.5. The van der Waals surface area contributed by atoms with Gasteiger partial charge in [0, 0.05) is 65.3 Å². The summed E-state index contributed by atoms with van der Waals surface area (Å²) in [6.45, 7) is 0. The average molecular weight is 949 g/mol. The fourth-order valence-electron chi connectivity index (χ4n) is 7.59. The van der Waals surface area contributed by atoms with E-state index in [0.29, 0.717) is 0 Å². The fourth-order valence-corrected chi connectivity index (χ4v) is 7.59. The molecule has 0 aromatic heterocycles. The second-order valence-electron chi connectivity index (χ2n) is 13.5. The Morgan fingerprint density at radius 2 is 0.469 bits per heavy atom. The number of aromatic carboxylic acids is 4. The van der Waals surface area contributed by atoms with Crippen LogP contribution in [0.5, 0.6) is 46.0 Å². The molecule has 9 aromatic rings. The Morgan fingerprint density at radius 3 is 0.641 bits per heavy atom. The molecule has 0 saturated carbocycles. The number of hydrogen-bond acceptors (Lipinski definition) is 12. The molecule has 0 N–H and O–H groups in total. The van der Waals surface area contributed by atoms with E-state index < -0.39 is 46.1 Å². The number of ether oxygens (including phenoxy) is 4. The van der Waals surface area contributed by atoms with Gasteiger partial charge in [-0.15, -0.1) is 0 Å². The van der Waals surface area contributed by atoms with Crippen LogP contribution in [-0.4, -0.2) is 23.9 Å². The van der Waals surface area contributed by atoms with Crippen molar-refractivity contribution in [2.45, 2.75) is 0 Å². The zero-order chi connectivity index (χ0) is 41.7. The number of fused-ring (bicyclic) bond motifs is 2. The van der Waals surface area contributed by atoms with Crippen molar-refractivity contribution in [2.24, 2.45) is 0 Å². The van der Waals surface area contributed by atoms with Crippen LogP contribution >= 0.6 is 0 Å². The van der Waals surface area contributed by atoms with Crippen molar-refractivity contribution in [2.75, 3.05) is 0 Å². The molecular formula is C48H24K4O12. The molecule has 0 unspecified atom stereocenters. The summed E-state index contributed by atoms with van der Waals surface area (Å²) in [6, 6.07) is 37.2. The van der Waals surface area contributed by atoms with Crippen LogP contribution in [0.15, 0.2) is 146 Å². The minimum absolute atomic E-state index is 0. The molecule has 292 valence electrons. The summed E-state index contributed by atoms with van der Waals surface area (Å²) in [7, 11) is 0. The van der Waals surface area contributed by atoms with Crippen LogP contribution in [-0.2, 0) is 0 Å². The fraction of sp³-hybridized carbons (Fsp3) is 0. The van der Waals surface area contributed by atoms with Gasteiger partial charge in [-0.3, -0.25) is 0 Å². The summed E-state index contributed by atoms with van der Waals surface area (Å²) in [5, 5.41) is 51.7. The first-order valence-electron chi connectivity index (χ1n) is 18.2. The van der Waals surface area contributed by atoms with Crippen molar-refractivity contribution in [3.63, 3.8) is 0 Å². The molecule has 0 saturated heterocycles. The second kappa shape index (κ2) is 22.8. The van der Waals surface area contributed by atoms with Crippen LogP contribution in [0.25, 0.3) is 43.1 Å². The summed E-state index contributed by atoms with van der Waals surface area (Å²) in [6.07, 6.45) is 0. The molecule has 0 amide bonds. The first kappa shape index (κ1) is 52.9. The Bertz CT molecular complexity index is 2780. The molecule has 9 aromatic carbocycles. The van der Waals surface area contributed by atoms with Gasteiger partial charge in [-0.2, -0.15) is 0 Å². The molecule has 0 aliphatic carbocycles. The maximum atomic E-state index is 13.2. The van der Waals surface area contributed by atoms with E-state index in [4.69, 9.17) is 18.9 Å². The van der Waals surface area contributed by atoms with Crippen LogP contribution in [0, 0.1) is 0 Å². The van der Waals surface area contributed by atoms with E-state index in [1.54, 1.807) is 121 Å². The van der Waals surface area contributed by atoms with E-state index in [-0.39, 0.29) is 295 Å². The molecule has 9 rings (SSSR count). The topological polar surface area (TPSA) is 197 Å². The van der Waals surface area contributed by atoms with Gasteiger partial charge in [-0.1, -0.05) is 72.8 Å². The third-order valence-electron chi connectivity index (χ3n) is 9.93. The summed E-state index contributed by atoms with van der Waals surface area (Å²) >= 11 is 0. The van der Waals surface area contributed by atoms with Gasteiger partial charge in [0.25, 0.3) is 0 Å². The largest absolute Gasteiger partial charge is 1.00 e. The predicted molar refractivity (Wildman–Crippen MR) is 211 cm³/mol. The first-order valence-corrected chi connectivity index (χ1v) is 18.2. The van der Waals surface area contributed by atoms with Gasteiger partial charge < -0.3 is 58.6 Å². The number of rotatable bonds is 12. The molecule has 12 nitrogen and oxygen atoms in total. The molecule has 16 heteroatoms. The number of carboxylic acid groups (broad SMARTS) is 4. The van der Waals surface area contributed by atoms with Gasteiger partial charge in [0.1, 0.15) is 46.0 Å². The maximum absolute atomic E-state index is 13.2. The molecule has 0 aliphatic rings. The van der Waals surface area contributed by atoms with Crippen LogP contribution in [0.2, 0.25) is 0 Å². The van der Waals surface area contributed by atoms with Crippen LogP contribution in [0.3, 0.4) is 0 Å². The Morgan fingerprint density at radius 1 is 0.281 bits per heavy atom. The van der Waals surface area contributed by atoms with Crippen molar-refractivity contribution >= 4 is 67.0 Å². The number of carbonyl (C=O) groups excluding carboxylic acids is 4. The molecule has 0 heterocycles. The smallest absolute Gasteiger partial charge is 0.545 e. The number of benzene rings is 9. The maximum Gasteiger partial charge on any atom is 1.00 e. The van der Waals surface area contributed by atoms with Gasteiger partial charge in [-0.25, -0.2) is 0 Å². The number of carbonyl (C=O) groups is 4. The summed E-state index contributed by atoms with van der Waals surface area (Å²) in [4.78, 5) is 52.7. The average Bonchev–Trinajstić information content (AvgIpc) is 3.24. The van der Waals surface area contributed by atoms with Gasteiger partial charge in [0.05, 0.1) is 23.9 Å². The molecule has 0 aliphatic heterocycles. The summed E-state index contributed by atoms with van der Waals surface area (Å²) in [5.74, 6) is -7.00. The monoisotopic (exact) mass is 948 g/mol. The van der Waals surface area contributed by atoms with E-state index >= 15 is 0 Å². The second-order valence-corrected chi connectivity index (χ2v) is 13.5. The molecule has 0 fully saturated rings. The Hall–Kier alpha value is -2.09. The molecular weight excluding hydrogens is 925 g/mol. The number of carboxylic acids is 4. The van der Waals surface area contributed by atoms with Crippen molar-refractivity contribution in [1.82, 2.24) is 0 Å². The van der Waals surface area contributed by atoms with Gasteiger partial charge in [-0.05, 0) is 72.8 Å². The SMILES string of the molecule is O=C([O-])c1cc(Oc2ccccc2)c2c3c(Oc4ccccc4)cc(C(=O)[O-])c4c(C(=O)[O-])cc(Oc5ccccc5)c(c5c(Oc6ccccc6)cc(C(=O)[O-])c1c25)c43.[K+].[K+].[K+].[K+]. The Balaban J connectivity index is 0.00000193.